The molecule has 2 heterocycles. The number of H-pyrrole nitrogens is 1. The molecule has 1 aliphatic rings. The van der Waals surface area contributed by atoms with Crippen LogP contribution in [0.25, 0.3) is 10.9 Å². The van der Waals surface area contributed by atoms with Crippen LogP contribution in [0.4, 0.5) is 0 Å². The van der Waals surface area contributed by atoms with Gasteiger partial charge in [-0.1, -0.05) is 18.2 Å². The molecule has 1 aliphatic heterocycles. The number of nitrogens with one attached hydrogen (secondary N) is 1. The highest BCUT2D eigenvalue weighted by molar-refractivity contribution is 5.83. The number of likely N-dealkylation sites (tertiary alicyclic amines) is 1. The number of rotatable bonds is 3. The van der Waals surface area contributed by atoms with Crippen molar-refractivity contribution in [2.45, 2.75) is 25.3 Å². The first-order chi connectivity index (χ1) is 8.79. The van der Waals surface area contributed by atoms with E-state index < -0.39 is 0 Å². The van der Waals surface area contributed by atoms with Gasteiger partial charge in [0.05, 0.1) is 6.61 Å². The molecule has 0 amide bonds. The van der Waals surface area contributed by atoms with Gasteiger partial charge in [0, 0.05) is 42.1 Å². The summed E-state index contributed by atoms with van der Waals surface area (Å²) in [5.74, 6) is 0.586. The molecule has 2 N–H and O–H groups in total. The maximum Gasteiger partial charge on any atom is 0.0558 e. The minimum Gasteiger partial charge on any atom is -0.395 e. The Bertz CT molecular complexity index is 534. The highest BCUT2D eigenvalue weighted by Crippen LogP contribution is 2.35. The van der Waals surface area contributed by atoms with Gasteiger partial charge < -0.3 is 10.1 Å². The molecule has 3 rings (SSSR count). The SMILES string of the molecule is CC1CC(c2c[nH]c3ccccc23)CN1CCO. The molecule has 0 spiro atoms. The van der Waals surface area contributed by atoms with E-state index in [9.17, 15) is 0 Å². The first-order valence-electron chi connectivity index (χ1n) is 6.70. The molecule has 96 valence electrons. The standard InChI is InChI=1S/C15H20N2O/c1-11-8-12(10-17(11)6-7-18)14-9-16-15-5-3-2-4-13(14)15/h2-5,9,11-12,16,18H,6-8,10H2,1H3. The number of aliphatic hydroxyl groups is 1. The molecule has 0 aliphatic carbocycles. The van der Waals surface area contributed by atoms with E-state index in [2.05, 4.69) is 47.3 Å². The van der Waals surface area contributed by atoms with Crippen molar-refractivity contribution in [1.29, 1.82) is 0 Å². The third-order valence-electron chi connectivity index (χ3n) is 4.15. The van der Waals surface area contributed by atoms with Gasteiger partial charge in [0.2, 0.25) is 0 Å². The molecule has 1 saturated heterocycles. The quantitative estimate of drug-likeness (QED) is 0.870. The van der Waals surface area contributed by atoms with Crippen LogP contribution in [0.15, 0.2) is 30.5 Å². The van der Waals surface area contributed by atoms with Crippen molar-refractivity contribution in [3.63, 3.8) is 0 Å². The number of para-hydroxylation sites is 1. The maximum absolute atomic E-state index is 9.09. The zero-order chi connectivity index (χ0) is 12.5. The Labute approximate surface area is 107 Å². The molecule has 18 heavy (non-hydrogen) atoms. The Hall–Kier alpha value is -1.32. The van der Waals surface area contributed by atoms with Crippen molar-refractivity contribution in [1.82, 2.24) is 9.88 Å². The summed E-state index contributed by atoms with van der Waals surface area (Å²) in [7, 11) is 0. The minimum absolute atomic E-state index is 0.255. The van der Waals surface area contributed by atoms with Gasteiger partial charge in [-0.2, -0.15) is 0 Å². The largest absolute Gasteiger partial charge is 0.395 e. The third-order valence-corrected chi connectivity index (χ3v) is 4.15. The summed E-state index contributed by atoms with van der Waals surface area (Å²) in [4.78, 5) is 5.74. The highest BCUT2D eigenvalue weighted by atomic mass is 16.3. The maximum atomic E-state index is 9.09. The summed E-state index contributed by atoms with van der Waals surface area (Å²) in [6, 6.07) is 9.06. The number of fused-ring (bicyclic) bond motifs is 1. The number of hydrogen-bond acceptors (Lipinski definition) is 2. The van der Waals surface area contributed by atoms with Crippen LogP contribution in [0.3, 0.4) is 0 Å². The van der Waals surface area contributed by atoms with E-state index in [1.165, 1.54) is 22.9 Å². The summed E-state index contributed by atoms with van der Waals surface area (Å²) in [5.41, 5.74) is 2.65. The topological polar surface area (TPSA) is 39.3 Å². The highest BCUT2D eigenvalue weighted by Gasteiger charge is 2.30. The lowest BCUT2D eigenvalue weighted by atomic mass is 9.96. The second kappa shape index (κ2) is 4.75. The minimum atomic E-state index is 0.255. The lowest BCUT2D eigenvalue weighted by Crippen LogP contribution is -2.29. The van der Waals surface area contributed by atoms with Crippen molar-refractivity contribution in [2.24, 2.45) is 0 Å². The molecule has 3 heteroatoms. The Morgan fingerprint density at radius 1 is 1.39 bits per heavy atom. The van der Waals surface area contributed by atoms with E-state index in [0.717, 1.165) is 13.1 Å². The third kappa shape index (κ3) is 1.93. The van der Waals surface area contributed by atoms with Crippen molar-refractivity contribution < 1.29 is 5.11 Å². The average Bonchev–Trinajstić information content (AvgIpc) is 2.94. The van der Waals surface area contributed by atoms with Crippen LogP contribution in [-0.4, -0.2) is 40.7 Å². The summed E-state index contributed by atoms with van der Waals surface area (Å²) in [6.45, 7) is 4.36. The predicted molar refractivity (Wildman–Crippen MR) is 73.8 cm³/mol. The average molecular weight is 244 g/mol. The fourth-order valence-corrected chi connectivity index (χ4v) is 3.20. The smallest absolute Gasteiger partial charge is 0.0558 e. The van der Waals surface area contributed by atoms with E-state index in [-0.39, 0.29) is 6.61 Å². The van der Waals surface area contributed by atoms with E-state index in [1.807, 2.05) is 0 Å². The first-order valence-corrected chi connectivity index (χ1v) is 6.70. The van der Waals surface area contributed by atoms with Gasteiger partial charge in [-0.25, -0.2) is 0 Å². The van der Waals surface area contributed by atoms with Crippen molar-refractivity contribution in [2.75, 3.05) is 19.7 Å². The second-order valence-corrected chi connectivity index (χ2v) is 5.29. The molecule has 1 fully saturated rings. The number of nitrogens with zero attached hydrogens (tertiary/aromatic N) is 1. The van der Waals surface area contributed by atoms with Crippen LogP contribution in [0.5, 0.6) is 0 Å². The number of aromatic amines is 1. The Morgan fingerprint density at radius 3 is 3.06 bits per heavy atom. The molecule has 0 saturated carbocycles. The number of aromatic nitrogens is 1. The molecule has 0 radical (unpaired) electrons. The molecule has 1 aromatic carbocycles. The van der Waals surface area contributed by atoms with Gasteiger partial charge >= 0.3 is 0 Å². The Kier molecular flexibility index (Phi) is 3.10. The summed E-state index contributed by atoms with van der Waals surface area (Å²) in [6.07, 6.45) is 3.34. The van der Waals surface area contributed by atoms with Crippen LogP contribution in [-0.2, 0) is 0 Å². The van der Waals surface area contributed by atoms with Crippen LogP contribution >= 0.6 is 0 Å². The first kappa shape index (κ1) is 11.8. The number of hydrogen-bond donors (Lipinski definition) is 2. The van der Waals surface area contributed by atoms with Gasteiger partial charge in [-0.05, 0) is 25.0 Å². The predicted octanol–water partition coefficient (Wildman–Crippen LogP) is 2.34. The molecule has 2 unspecified atom stereocenters. The van der Waals surface area contributed by atoms with Crippen LogP contribution < -0.4 is 0 Å². The molecular formula is C15H20N2O. The number of aliphatic hydroxyl groups excluding tert-OH is 1. The molecule has 2 atom stereocenters. The van der Waals surface area contributed by atoms with Gasteiger partial charge in [0.25, 0.3) is 0 Å². The van der Waals surface area contributed by atoms with E-state index >= 15 is 0 Å². The Balaban J connectivity index is 1.88. The fourth-order valence-electron chi connectivity index (χ4n) is 3.20. The number of benzene rings is 1. The lowest BCUT2D eigenvalue weighted by molar-refractivity contribution is 0.191. The van der Waals surface area contributed by atoms with Crippen LogP contribution in [0.2, 0.25) is 0 Å². The van der Waals surface area contributed by atoms with E-state index in [4.69, 9.17) is 5.11 Å². The molecule has 3 nitrogen and oxygen atoms in total. The second-order valence-electron chi connectivity index (χ2n) is 5.29. The van der Waals surface area contributed by atoms with Gasteiger partial charge in [0.15, 0.2) is 0 Å². The van der Waals surface area contributed by atoms with Crippen molar-refractivity contribution in [3.05, 3.63) is 36.0 Å². The summed E-state index contributed by atoms with van der Waals surface area (Å²) in [5, 5.41) is 10.4. The van der Waals surface area contributed by atoms with Crippen molar-refractivity contribution >= 4 is 10.9 Å². The van der Waals surface area contributed by atoms with Crippen LogP contribution in [0.1, 0.15) is 24.8 Å². The van der Waals surface area contributed by atoms with Gasteiger partial charge in [0.1, 0.15) is 0 Å². The number of β-amino-alcohol motifs (C(OH)–C–C–N with tert-alkyl or cyclic N) is 1. The van der Waals surface area contributed by atoms with Gasteiger partial charge in [-0.3, -0.25) is 4.90 Å². The normalized spacial score (nSPS) is 25.0. The molecule has 1 aromatic heterocycles. The van der Waals surface area contributed by atoms with E-state index in [0.29, 0.717) is 12.0 Å². The zero-order valence-electron chi connectivity index (χ0n) is 10.8. The molecular weight excluding hydrogens is 224 g/mol. The van der Waals surface area contributed by atoms with Gasteiger partial charge in [-0.15, -0.1) is 0 Å². The lowest BCUT2D eigenvalue weighted by Gasteiger charge is -2.19. The van der Waals surface area contributed by atoms with Crippen molar-refractivity contribution in [3.8, 4) is 0 Å². The molecule has 0 bridgehead atoms. The monoisotopic (exact) mass is 244 g/mol. The molecule has 2 aromatic rings. The summed E-state index contributed by atoms with van der Waals surface area (Å²) < 4.78 is 0. The Morgan fingerprint density at radius 2 is 2.22 bits per heavy atom. The van der Waals surface area contributed by atoms with Crippen LogP contribution in [0, 0.1) is 0 Å². The summed E-state index contributed by atoms with van der Waals surface area (Å²) >= 11 is 0. The van der Waals surface area contributed by atoms with E-state index in [1.54, 1.807) is 0 Å². The zero-order valence-corrected chi connectivity index (χ0v) is 10.8. The fraction of sp³-hybridized carbons (Fsp3) is 0.467.